The normalized spacial score (nSPS) is 19.5. The van der Waals surface area contributed by atoms with E-state index in [0.29, 0.717) is 40.8 Å². The zero-order chi connectivity index (χ0) is 29.1. The SMILES string of the molecule is O=C(Nc1ccc(C2SC(=Nc3cccc(F)c3)N(Cc3ccco3)C2=O)cc1)[C@@H]1CCCN1C(=O)c1ccccc1. The molecule has 3 heterocycles. The Balaban J connectivity index is 1.17. The van der Waals surface area contributed by atoms with Crippen molar-refractivity contribution in [1.29, 1.82) is 0 Å². The van der Waals surface area contributed by atoms with Gasteiger partial charge in [-0.15, -0.1) is 0 Å². The lowest BCUT2D eigenvalue weighted by Gasteiger charge is -2.24. The predicted molar refractivity (Wildman–Crippen MR) is 159 cm³/mol. The monoisotopic (exact) mass is 582 g/mol. The van der Waals surface area contributed by atoms with Gasteiger partial charge in [-0.05, 0) is 73.0 Å². The smallest absolute Gasteiger partial charge is 0.254 e. The number of rotatable bonds is 7. The van der Waals surface area contributed by atoms with E-state index >= 15 is 0 Å². The number of anilines is 1. The van der Waals surface area contributed by atoms with Crippen LogP contribution in [-0.4, -0.2) is 45.3 Å². The number of aliphatic imine (C=N–C) groups is 1. The summed E-state index contributed by atoms with van der Waals surface area (Å²) in [5.74, 6) is -0.395. The first-order valence-electron chi connectivity index (χ1n) is 13.6. The van der Waals surface area contributed by atoms with Gasteiger partial charge < -0.3 is 14.6 Å². The molecule has 1 N–H and O–H groups in total. The summed E-state index contributed by atoms with van der Waals surface area (Å²) in [6.45, 7) is 0.719. The average molecular weight is 583 g/mol. The van der Waals surface area contributed by atoms with E-state index in [1.807, 2.05) is 6.07 Å². The highest BCUT2D eigenvalue weighted by molar-refractivity contribution is 8.15. The molecule has 3 amide bonds. The van der Waals surface area contributed by atoms with Crippen molar-refractivity contribution in [1.82, 2.24) is 9.80 Å². The average Bonchev–Trinajstić information content (AvgIpc) is 3.76. The van der Waals surface area contributed by atoms with Crippen LogP contribution in [0.25, 0.3) is 0 Å². The first-order valence-corrected chi connectivity index (χ1v) is 14.5. The minimum Gasteiger partial charge on any atom is -0.467 e. The number of furan rings is 1. The summed E-state index contributed by atoms with van der Waals surface area (Å²) < 4.78 is 19.3. The molecular weight excluding hydrogens is 555 g/mol. The van der Waals surface area contributed by atoms with Gasteiger partial charge >= 0.3 is 0 Å². The molecular formula is C32H27FN4O4S. The van der Waals surface area contributed by atoms with E-state index in [0.717, 1.165) is 12.0 Å². The fourth-order valence-corrected chi connectivity index (χ4v) is 6.28. The molecule has 0 spiro atoms. The number of thioether (sulfide) groups is 1. The van der Waals surface area contributed by atoms with E-state index in [4.69, 9.17) is 4.42 Å². The second-order valence-electron chi connectivity index (χ2n) is 10.0. The Morgan fingerprint density at radius 1 is 1.00 bits per heavy atom. The fourth-order valence-electron chi connectivity index (χ4n) is 5.11. The van der Waals surface area contributed by atoms with Crippen LogP contribution in [0.2, 0.25) is 0 Å². The van der Waals surface area contributed by atoms with Crippen LogP contribution in [0, 0.1) is 5.82 Å². The highest BCUT2D eigenvalue weighted by Gasteiger charge is 2.40. The first-order chi connectivity index (χ1) is 20.5. The molecule has 4 aromatic rings. The van der Waals surface area contributed by atoms with Crippen molar-refractivity contribution in [3.63, 3.8) is 0 Å². The Morgan fingerprint density at radius 2 is 1.81 bits per heavy atom. The number of nitrogens with zero attached hydrogens (tertiary/aromatic N) is 3. The molecule has 0 saturated carbocycles. The van der Waals surface area contributed by atoms with E-state index in [2.05, 4.69) is 10.3 Å². The lowest BCUT2D eigenvalue weighted by molar-refractivity contribution is -0.126. The molecule has 2 aliphatic rings. The van der Waals surface area contributed by atoms with E-state index in [-0.39, 0.29) is 24.3 Å². The lowest BCUT2D eigenvalue weighted by atomic mass is 10.1. The topological polar surface area (TPSA) is 95.2 Å². The Morgan fingerprint density at radius 3 is 2.55 bits per heavy atom. The summed E-state index contributed by atoms with van der Waals surface area (Å²) in [4.78, 5) is 47.4. The summed E-state index contributed by atoms with van der Waals surface area (Å²) in [5, 5.41) is 2.79. The van der Waals surface area contributed by atoms with Gasteiger partial charge in [0.05, 0.1) is 18.5 Å². The lowest BCUT2D eigenvalue weighted by Crippen LogP contribution is -2.43. The summed E-state index contributed by atoms with van der Waals surface area (Å²) in [7, 11) is 0. The van der Waals surface area contributed by atoms with E-state index in [1.54, 1.807) is 84.0 Å². The highest BCUT2D eigenvalue weighted by Crippen LogP contribution is 2.41. The number of nitrogens with one attached hydrogen (secondary N) is 1. The maximum absolute atomic E-state index is 13.8. The zero-order valence-corrected chi connectivity index (χ0v) is 23.3. The number of amidine groups is 1. The van der Waals surface area contributed by atoms with Crippen LogP contribution in [0.3, 0.4) is 0 Å². The molecule has 10 heteroatoms. The fraction of sp³-hybridized carbons (Fsp3) is 0.188. The van der Waals surface area contributed by atoms with Gasteiger partial charge in [0.2, 0.25) is 11.8 Å². The van der Waals surface area contributed by atoms with Gasteiger partial charge in [-0.3, -0.25) is 19.3 Å². The number of carbonyl (C=O) groups excluding carboxylic acids is 3. The minimum atomic E-state index is -0.578. The number of hydrogen-bond donors (Lipinski definition) is 1. The molecule has 1 unspecified atom stereocenters. The van der Waals surface area contributed by atoms with Gasteiger partial charge in [0.1, 0.15) is 22.9 Å². The molecule has 0 aliphatic carbocycles. The molecule has 1 aromatic heterocycles. The molecule has 212 valence electrons. The summed E-state index contributed by atoms with van der Waals surface area (Å²) in [5.41, 5.74) is 2.26. The molecule has 6 rings (SSSR count). The van der Waals surface area contributed by atoms with E-state index < -0.39 is 17.1 Å². The number of amides is 3. The molecule has 0 radical (unpaired) electrons. The standard InChI is InChI=1S/C32H27FN4O4S/c33-23-9-4-10-25(19-23)35-32-37(20-26-11-6-18-41-26)31(40)28(42-32)21-13-15-24(16-14-21)34-29(38)27-12-5-17-36(27)30(39)22-7-2-1-3-8-22/h1-4,6-11,13-16,18-19,27-28H,5,12,17,20H2,(H,34,38)/t27-,28?/m0/s1. The van der Waals surface area contributed by atoms with Crippen molar-refractivity contribution in [3.05, 3.63) is 120 Å². The van der Waals surface area contributed by atoms with Crippen molar-refractivity contribution >= 4 is 46.0 Å². The Hall–Kier alpha value is -4.70. The van der Waals surface area contributed by atoms with E-state index in [9.17, 15) is 18.8 Å². The number of likely N-dealkylation sites (tertiary alicyclic amines) is 1. The molecule has 3 aromatic carbocycles. The van der Waals surface area contributed by atoms with Crippen LogP contribution in [0.4, 0.5) is 15.8 Å². The maximum atomic E-state index is 13.8. The summed E-state index contributed by atoms with van der Waals surface area (Å²) >= 11 is 1.27. The molecule has 2 aliphatic heterocycles. The minimum absolute atomic E-state index is 0.157. The summed E-state index contributed by atoms with van der Waals surface area (Å²) in [6.07, 6.45) is 2.89. The van der Waals surface area contributed by atoms with Crippen molar-refractivity contribution in [2.75, 3.05) is 11.9 Å². The number of benzene rings is 3. The molecule has 0 bridgehead atoms. The second-order valence-corrected chi connectivity index (χ2v) is 11.1. The third kappa shape index (κ3) is 5.84. The second kappa shape index (κ2) is 12.0. The van der Waals surface area contributed by atoms with Crippen LogP contribution in [0.5, 0.6) is 0 Å². The van der Waals surface area contributed by atoms with Crippen LogP contribution in [-0.2, 0) is 16.1 Å². The van der Waals surface area contributed by atoms with Gasteiger partial charge in [0.15, 0.2) is 5.17 Å². The van der Waals surface area contributed by atoms with Crippen molar-refractivity contribution in [3.8, 4) is 0 Å². The Kier molecular flexibility index (Phi) is 7.87. The van der Waals surface area contributed by atoms with Gasteiger partial charge in [-0.1, -0.05) is 48.2 Å². The van der Waals surface area contributed by atoms with E-state index in [1.165, 1.54) is 28.8 Å². The van der Waals surface area contributed by atoms with Crippen molar-refractivity contribution in [2.45, 2.75) is 30.7 Å². The quantitative estimate of drug-likeness (QED) is 0.281. The number of hydrogen-bond acceptors (Lipinski definition) is 6. The van der Waals surface area contributed by atoms with Crippen molar-refractivity contribution < 1.29 is 23.2 Å². The summed E-state index contributed by atoms with van der Waals surface area (Å²) in [6, 6.07) is 24.9. The molecule has 2 atom stereocenters. The molecule has 42 heavy (non-hydrogen) atoms. The largest absolute Gasteiger partial charge is 0.467 e. The van der Waals surface area contributed by atoms with Gasteiger partial charge in [-0.25, -0.2) is 9.38 Å². The van der Waals surface area contributed by atoms with Gasteiger partial charge in [0, 0.05) is 17.8 Å². The highest BCUT2D eigenvalue weighted by atomic mass is 32.2. The zero-order valence-electron chi connectivity index (χ0n) is 22.5. The molecule has 8 nitrogen and oxygen atoms in total. The van der Waals surface area contributed by atoms with Gasteiger partial charge in [0.25, 0.3) is 5.91 Å². The first kappa shape index (κ1) is 27.5. The third-order valence-electron chi connectivity index (χ3n) is 7.19. The van der Waals surface area contributed by atoms with Crippen molar-refractivity contribution in [2.24, 2.45) is 4.99 Å². The third-order valence-corrected chi connectivity index (χ3v) is 8.42. The maximum Gasteiger partial charge on any atom is 0.254 e. The number of halogens is 1. The van der Waals surface area contributed by atoms with Crippen LogP contribution in [0.1, 0.15) is 39.8 Å². The Bertz CT molecular complexity index is 1630. The van der Waals surface area contributed by atoms with Crippen LogP contribution < -0.4 is 5.32 Å². The van der Waals surface area contributed by atoms with Gasteiger partial charge in [-0.2, -0.15) is 0 Å². The van der Waals surface area contributed by atoms with Crippen LogP contribution in [0.15, 0.2) is 107 Å². The molecule has 2 fully saturated rings. The number of carbonyl (C=O) groups is 3. The predicted octanol–water partition coefficient (Wildman–Crippen LogP) is 6.17. The van der Waals surface area contributed by atoms with Crippen LogP contribution >= 0.6 is 11.8 Å². The Labute approximate surface area is 246 Å². The molecule has 2 saturated heterocycles.